The molecule has 1 amide bonds. The Balaban J connectivity index is 2.23. The molecule has 0 atom stereocenters. The van der Waals surface area contributed by atoms with Crippen LogP contribution >= 0.6 is 11.6 Å². The van der Waals surface area contributed by atoms with Crippen LogP contribution in [-0.4, -0.2) is 20.7 Å². The molecule has 2 heterocycles. The van der Waals surface area contributed by atoms with Crippen molar-refractivity contribution in [2.24, 2.45) is 7.05 Å². The number of carbonyl (C=O) groups is 1. The minimum Gasteiger partial charge on any atom is -0.319 e. The molecule has 6 heteroatoms. The minimum absolute atomic E-state index is 0.212. The number of amides is 1. The monoisotopic (exact) mass is 278 g/mol. The summed E-state index contributed by atoms with van der Waals surface area (Å²) in [6, 6.07) is 3.31. The van der Waals surface area contributed by atoms with Crippen molar-refractivity contribution in [3.8, 4) is 0 Å². The van der Waals surface area contributed by atoms with Crippen LogP contribution in [0, 0.1) is 0 Å². The van der Waals surface area contributed by atoms with Gasteiger partial charge in [0.05, 0.1) is 11.9 Å². The zero-order valence-corrected chi connectivity index (χ0v) is 11.8. The van der Waals surface area contributed by atoms with Gasteiger partial charge in [0.25, 0.3) is 5.91 Å². The van der Waals surface area contributed by atoms with Crippen LogP contribution in [0.2, 0.25) is 5.15 Å². The summed E-state index contributed by atoms with van der Waals surface area (Å²) in [5.74, 6) is -0.0113. The SMILES string of the molecule is CC(C)c1cc(C(=O)Nc2cnn(C)c2)cc(Cl)n1. The number of aromatic nitrogens is 3. The molecule has 100 valence electrons. The maximum Gasteiger partial charge on any atom is 0.255 e. The van der Waals surface area contributed by atoms with Crippen molar-refractivity contribution < 1.29 is 4.79 Å². The third kappa shape index (κ3) is 3.32. The van der Waals surface area contributed by atoms with Crippen LogP contribution in [0.25, 0.3) is 0 Å². The Kier molecular flexibility index (Phi) is 3.85. The van der Waals surface area contributed by atoms with Gasteiger partial charge in [0.1, 0.15) is 5.15 Å². The summed E-state index contributed by atoms with van der Waals surface area (Å²) in [6.45, 7) is 4.00. The van der Waals surface area contributed by atoms with Crippen LogP contribution in [0.5, 0.6) is 0 Å². The molecule has 2 rings (SSSR count). The van der Waals surface area contributed by atoms with Crippen molar-refractivity contribution in [2.45, 2.75) is 19.8 Å². The van der Waals surface area contributed by atoms with E-state index in [1.807, 2.05) is 13.8 Å². The normalized spacial score (nSPS) is 10.8. The quantitative estimate of drug-likeness (QED) is 0.878. The second-order valence-corrected chi connectivity index (χ2v) is 5.00. The fourth-order valence-electron chi connectivity index (χ4n) is 1.63. The van der Waals surface area contributed by atoms with Crippen molar-refractivity contribution >= 4 is 23.2 Å². The molecule has 0 unspecified atom stereocenters. The highest BCUT2D eigenvalue weighted by atomic mass is 35.5. The average Bonchev–Trinajstić information content (AvgIpc) is 2.73. The Morgan fingerprint density at radius 3 is 2.74 bits per heavy atom. The number of pyridine rings is 1. The van der Waals surface area contributed by atoms with E-state index in [-0.39, 0.29) is 11.8 Å². The van der Waals surface area contributed by atoms with Crippen LogP contribution in [0.4, 0.5) is 5.69 Å². The molecule has 0 saturated heterocycles. The van der Waals surface area contributed by atoms with E-state index in [0.29, 0.717) is 16.4 Å². The zero-order chi connectivity index (χ0) is 14.0. The molecule has 0 bridgehead atoms. The van der Waals surface area contributed by atoms with Gasteiger partial charge in [-0.05, 0) is 18.1 Å². The van der Waals surface area contributed by atoms with Crippen LogP contribution in [0.15, 0.2) is 24.5 Å². The Labute approximate surface area is 116 Å². The molecule has 2 aromatic heterocycles. The molecule has 0 aromatic carbocycles. The fraction of sp³-hybridized carbons (Fsp3) is 0.308. The molecule has 0 aliphatic rings. The number of hydrogen-bond acceptors (Lipinski definition) is 3. The van der Waals surface area contributed by atoms with Gasteiger partial charge in [-0.1, -0.05) is 25.4 Å². The second-order valence-electron chi connectivity index (χ2n) is 4.61. The lowest BCUT2D eigenvalue weighted by Gasteiger charge is -2.08. The minimum atomic E-state index is -0.223. The van der Waals surface area contributed by atoms with Crippen molar-refractivity contribution in [3.05, 3.63) is 40.9 Å². The van der Waals surface area contributed by atoms with Gasteiger partial charge in [-0.15, -0.1) is 0 Å². The highest BCUT2D eigenvalue weighted by Crippen LogP contribution is 2.18. The van der Waals surface area contributed by atoms with Gasteiger partial charge < -0.3 is 5.32 Å². The standard InChI is InChI=1S/C13H15ClN4O/c1-8(2)11-4-9(5-12(14)17-11)13(19)16-10-6-15-18(3)7-10/h4-8H,1-3H3,(H,16,19). The molecule has 0 aliphatic heterocycles. The van der Waals surface area contributed by atoms with Crippen LogP contribution < -0.4 is 5.32 Å². The van der Waals surface area contributed by atoms with Crippen molar-refractivity contribution in [1.82, 2.24) is 14.8 Å². The van der Waals surface area contributed by atoms with Crippen LogP contribution in [0.1, 0.15) is 35.8 Å². The van der Waals surface area contributed by atoms with E-state index in [1.165, 1.54) is 0 Å². The number of rotatable bonds is 3. The van der Waals surface area contributed by atoms with E-state index in [2.05, 4.69) is 15.4 Å². The summed E-state index contributed by atoms with van der Waals surface area (Å²) in [4.78, 5) is 16.3. The molecule has 0 fully saturated rings. The molecule has 2 aromatic rings. The maximum absolute atomic E-state index is 12.1. The topological polar surface area (TPSA) is 59.8 Å². The first-order valence-electron chi connectivity index (χ1n) is 5.93. The van der Waals surface area contributed by atoms with Crippen molar-refractivity contribution in [2.75, 3.05) is 5.32 Å². The zero-order valence-electron chi connectivity index (χ0n) is 11.0. The number of halogens is 1. The number of nitrogens with one attached hydrogen (secondary N) is 1. The summed E-state index contributed by atoms with van der Waals surface area (Å²) in [6.07, 6.45) is 3.31. The lowest BCUT2D eigenvalue weighted by atomic mass is 10.1. The van der Waals surface area contributed by atoms with Crippen molar-refractivity contribution in [1.29, 1.82) is 0 Å². The Morgan fingerprint density at radius 2 is 2.16 bits per heavy atom. The predicted octanol–water partition coefficient (Wildman–Crippen LogP) is 2.84. The lowest BCUT2D eigenvalue weighted by Crippen LogP contribution is -2.12. The summed E-state index contributed by atoms with van der Waals surface area (Å²) < 4.78 is 1.62. The summed E-state index contributed by atoms with van der Waals surface area (Å²) in [5, 5.41) is 7.08. The molecule has 0 spiro atoms. The third-order valence-electron chi connectivity index (χ3n) is 2.63. The summed E-state index contributed by atoms with van der Waals surface area (Å²) in [7, 11) is 1.79. The van der Waals surface area contributed by atoms with Crippen LogP contribution in [0.3, 0.4) is 0 Å². The first-order chi connectivity index (χ1) is 8.95. The molecular formula is C13H15ClN4O. The fourth-order valence-corrected chi connectivity index (χ4v) is 1.85. The smallest absolute Gasteiger partial charge is 0.255 e. The predicted molar refractivity (Wildman–Crippen MR) is 74.5 cm³/mol. The Hall–Kier alpha value is -1.88. The van der Waals surface area contributed by atoms with Gasteiger partial charge in [0.15, 0.2) is 0 Å². The van der Waals surface area contributed by atoms with Gasteiger partial charge in [-0.25, -0.2) is 4.98 Å². The maximum atomic E-state index is 12.1. The van der Waals surface area contributed by atoms with E-state index in [0.717, 1.165) is 5.69 Å². The lowest BCUT2D eigenvalue weighted by molar-refractivity contribution is 0.102. The molecule has 0 aliphatic carbocycles. The third-order valence-corrected chi connectivity index (χ3v) is 2.82. The highest BCUT2D eigenvalue weighted by Gasteiger charge is 2.12. The van der Waals surface area contributed by atoms with E-state index in [1.54, 1.807) is 36.3 Å². The first-order valence-corrected chi connectivity index (χ1v) is 6.31. The van der Waals surface area contributed by atoms with Crippen LogP contribution in [-0.2, 0) is 7.05 Å². The second kappa shape index (κ2) is 5.40. The molecule has 5 nitrogen and oxygen atoms in total. The Morgan fingerprint density at radius 1 is 1.42 bits per heavy atom. The highest BCUT2D eigenvalue weighted by molar-refractivity contribution is 6.29. The van der Waals surface area contributed by atoms with Gasteiger partial charge in [-0.3, -0.25) is 9.48 Å². The van der Waals surface area contributed by atoms with Gasteiger partial charge in [-0.2, -0.15) is 5.10 Å². The molecular weight excluding hydrogens is 264 g/mol. The first kappa shape index (κ1) is 13.5. The number of nitrogens with zero attached hydrogens (tertiary/aromatic N) is 3. The van der Waals surface area contributed by atoms with Gasteiger partial charge in [0, 0.05) is 24.5 Å². The summed E-state index contributed by atoms with van der Waals surface area (Å²) in [5.41, 5.74) is 1.93. The summed E-state index contributed by atoms with van der Waals surface area (Å²) >= 11 is 5.94. The van der Waals surface area contributed by atoms with E-state index < -0.39 is 0 Å². The van der Waals surface area contributed by atoms with E-state index >= 15 is 0 Å². The largest absolute Gasteiger partial charge is 0.319 e. The number of hydrogen-bond donors (Lipinski definition) is 1. The van der Waals surface area contributed by atoms with E-state index in [9.17, 15) is 4.79 Å². The Bertz CT molecular complexity index is 606. The van der Waals surface area contributed by atoms with Gasteiger partial charge in [0.2, 0.25) is 0 Å². The van der Waals surface area contributed by atoms with Crippen molar-refractivity contribution in [3.63, 3.8) is 0 Å². The number of carbonyl (C=O) groups excluding carboxylic acids is 1. The average molecular weight is 279 g/mol. The molecule has 0 saturated carbocycles. The molecule has 0 radical (unpaired) electrons. The molecule has 19 heavy (non-hydrogen) atoms. The number of aryl methyl sites for hydroxylation is 1. The van der Waals surface area contributed by atoms with Gasteiger partial charge >= 0.3 is 0 Å². The number of anilines is 1. The van der Waals surface area contributed by atoms with E-state index in [4.69, 9.17) is 11.6 Å². The molecule has 1 N–H and O–H groups in total.